The molecule has 1 aromatic heterocycles. The predicted octanol–water partition coefficient (Wildman–Crippen LogP) is 5.09. The van der Waals surface area contributed by atoms with Gasteiger partial charge in [0.05, 0.1) is 12.9 Å². The average Bonchev–Trinajstić information content (AvgIpc) is 3.44. The molecule has 0 bridgehead atoms. The Labute approximate surface area is 210 Å². The van der Waals surface area contributed by atoms with Crippen LogP contribution < -0.4 is 17.7 Å². The second-order valence-electron chi connectivity index (χ2n) is 10.3. The summed E-state index contributed by atoms with van der Waals surface area (Å²) in [6.45, 7) is 14.8. The second-order valence-corrected chi connectivity index (χ2v) is 14.2. The van der Waals surface area contributed by atoms with E-state index in [9.17, 15) is 0 Å². The lowest BCUT2D eigenvalue weighted by Crippen LogP contribution is -3.00. The van der Waals surface area contributed by atoms with Crippen LogP contribution in [0.4, 0.5) is 5.69 Å². The molecule has 3 aromatic carbocycles. The van der Waals surface area contributed by atoms with E-state index in [1.54, 1.807) is 0 Å². The summed E-state index contributed by atoms with van der Waals surface area (Å²) in [5, 5.41) is 4.14. The summed E-state index contributed by atoms with van der Waals surface area (Å²) in [7, 11) is -2.05. The highest BCUT2D eigenvalue weighted by molar-refractivity contribution is 7.73. The normalized spacial score (nSPS) is 16.5. The summed E-state index contributed by atoms with van der Waals surface area (Å²) in [5.41, 5.74) is 5.03. The van der Waals surface area contributed by atoms with E-state index in [1.807, 2.05) is 0 Å². The summed E-state index contributed by atoms with van der Waals surface area (Å²) in [6.07, 6.45) is 2.53. The first-order valence-electron chi connectivity index (χ1n) is 12.3. The Hall–Kier alpha value is -2.06. The molecule has 1 fully saturated rings. The number of nitrogens with zero attached hydrogens (tertiary/aromatic N) is 3. The lowest BCUT2D eigenvalue weighted by molar-refractivity contribution is -0.00000709. The van der Waals surface area contributed by atoms with Crippen molar-refractivity contribution >= 4 is 40.0 Å². The molecule has 2 heterocycles. The van der Waals surface area contributed by atoms with Gasteiger partial charge < -0.3 is 17.0 Å². The molecule has 1 aliphatic rings. The van der Waals surface area contributed by atoms with Gasteiger partial charge in [-0.25, -0.2) is 4.74 Å². The van der Waals surface area contributed by atoms with Crippen LogP contribution in [0.5, 0.6) is 0 Å². The average molecular weight is 493 g/mol. The third-order valence-electron chi connectivity index (χ3n) is 7.15. The molecule has 0 aliphatic carbocycles. The zero-order chi connectivity index (χ0) is 23.2. The monoisotopic (exact) mass is 492 g/mol. The summed E-state index contributed by atoms with van der Waals surface area (Å²) in [5.74, 6) is 0. The van der Waals surface area contributed by atoms with Crippen LogP contribution in [-0.4, -0.2) is 27.5 Å². The van der Waals surface area contributed by atoms with Crippen molar-refractivity contribution in [2.45, 2.75) is 59.2 Å². The van der Waals surface area contributed by atoms with E-state index in [1.165, 1.54) is 45.5 Å². The van der Waals surface area contributed by atoms with Crippen LogP contribution in [0, 0.1) is 6.92 Å². The minimum atomic E-state index is -2.05. The molecule has 1 saturated heterocycles. The van der Waals surface area contributed by atoms with E-state index in [0.29, 0.717) is 0 Å². The third-order valence-corrected chi connectivity index (χ3v) is 11.8. The molecule has 180 valence electrons. The van der Waals surface area contributed by atoms with Gasteiger partial charge in [-0.2, -0.15) is 0 Å². The van der Waals surface area contributed by atoms with E-state index >= 15 is 0 Å². The minimum absolute atomic E-state index is 0. The van der Waals surface area contributed by atoms with Gasteiger partial charge in [-0.05, 0) is 63.1 Å². The van der Waals surface area contributed by atoms with Crippen molar-refractivity contribution in [1.82, 2.24) is 9.24 Å². The van der Waals surface area contributed by atoms with Crippen molar-refractivity contribution in [3.05, 3.63) is 72.3 Å². The predicted molar refractivity (Wildman–Crippen MR) is 145 cm³/mol. The molecule has 1 unspecified atom stereocenters. The van der Waals surface area contributed by atoms with E-state index in [2.05, 4.69) is 111 Å². The topological polar surface area (TPSA) is 20.5 Å². The van der Waals surface area contributed by atoms with Crippen LogP contribution in [0.3, 0.4) is 0 Å². The van der Waals surface area contributed by atoms with Crippen LogP contribution in [0.25, 0.3) is 21.8 Å². The van der Waals surface area contributed by atoms with E-state index < -0.39 is 7.21 Å². The van der Waals surface area contributed by atoms with Crippen LogP contribution in [0.15, 0.2) is 71.5 Å². The zero-order valence-electron chi connectivity index (χ0n) is 21.1. The van der Waals surface area contributed by atoms with Crippen LogP contribution in [-0.2, 0) is 6.54 Å². The van der Waals surface area contributed by atoms with Gasteiger partial charge in [0.1, 0.15) is 0 Å². The highest BCUT2D eigenvalue weighted by Crippen LogP contribution is 2.65. The standard InChI is InChI=1S/C29H36N3P.ClH/c1-6-32-27-12-8-7-11-25(27)26-21-24(17-18-28(26)32)33(29(3,4)5,31-19-9-10-20-31)30-23-15-13-22(2)14-16-23;/h7-8,11-18,21H,6,9-10,19-20H2,1-5H3;1H/p-1. The maximum absolute atomic E-state index is 5.70. The fraction of sp³-hybridized carbons (Fsp3) is 0.379. The summed E-state index contributed by atoms with van der Waals surface area (Å²) >= 11 is 0. The van der Waals surface area contributed by atoms with E-state index in [0.717, 1.165) is 25.3 Å². The van der Waals surface area contributed by atoms with Gasteiger partial charge in [0.15, 0.2) is 0 Å². The molecular formula is C29H36ClN3P-. The van der Waals surface area contributed by atoms with Gasteiger partial charge in [-0.3, -0.25) is 4.67 Å². The molecule has 0 spiro atoms. The van der Waals surface area contributed by atoms with Gasteiger partial charge in [0.25, 0.3) is 0 Å². The van der Waals surface area contributed by atoms with Gasteiger partial charge in [-0.15, -0.1) is 0 Å². The first-order chi connectivity index (χ1) is 15.8. The molecular weight excluding hydrogens is 457 g/mol. The smallest absolute Gasteiger partial charge is 0.0720 e. The van der Waals surface area contributed by atoms with Crippen LogP contribution in [0.2, 0.25) is 0 Å². The quantitative estimate of drug-likeness (QED) is 0.363. The molecule has 1 aliphatic heterocycles. The SMILES string of the molecule is CCn1c2ccccc2c2cc(P(=Nc3ccc(C)cc3)(N3CCCC3)C(C)(C)C)ccc21.[Cl-]. The number of hydrogen-bond donors (Lipinski definition) is 0. The number of aromatic nitrogens is 1. The molecule has 5 rings (SSSR count). The minimum Gasteiger partial charge on any atom is -1.00 e. The number of benzene rings is 3. The molecule has 3 nitrogen and oxygen atoms in total. The van der Waals surface area contributed by atoms with Crippen molar-refractivity contribution in [2.75, 3.05) is 13.1 Å². The number of para-hydroxylation sites is 1. The van der Waals surface area contributed by atoms with Crippen LogP contribution in [0.1, 0.15) is 46.1 Å². The Morgan fingerprint density at radius 2 is 1.50 bits per heavy atom. The van der Waals surface area contributed by atoms with Gasteiger partial charge in [0, 0.05) is 51.9 Å². The number of fused-ring (bicyclic) bond motifs is 3. The largest absolute Gasteiger partial charge is 1.00 e. The molecule has 0 radical (unpaired) electrons. The number of hydrogen-bond acceptors (Lipinski definition) is 1. The lowest BCUT2D eigenvalue weighted by Gasteiger charge is -2.44. The van der Waals surface area contributed by atoms with Crippen molar-refractivity contribution in [2.24, 2.45) is 4.74 Å². The maximum atomic E-state index is 5.70. The van der Waals surface area contributed by atoms with Crippen molar-refractivity contribution < 1.29 is 12.4 Å². The highest BCUT2D eigenvalue weighted by Gasteiger charge is 2.42. The molecule has 0 N–H and O–H groups in total. The molecule has 1 atom stereocenters. The van der Waals surface area contributed by atoms with E-state index in [-0.39, 0.29) is 17.6 Å². The fourth-order valence-corrected chi connectivity index (χ4v) is 10.0. The number of halogens is 1. The molecule has 0 saturated carbocycles. The van der Waals surface area contributed by atoms with Crippen molar-refractivity contribution in [3.8, 4) is 0 Å². The summed E-state index contributed by atoms with van der Waals surface area (Å²) in [6, 6.07) is 24.9. The second kappa shape index (κ2) is 9.53. The van der Waals surface area contributed by atoms with Gasteiger partial charge >= 0.3 is 0 Å². The van der Waals surface area contributed by atoms with Crippen LogP contribution >= 0.6 is 7.21 Å². The Morgan fingerprint density at radius 1 is 0.853 bits per heavy atom. The molecule has 34 heavy (non-hydrogen) atoms. The number of rotatable bonds is 4. The Balaban J connectivity index is 0.00000274. The maximum Gasteiger partial charge on any atom is 0.0720 e. The third kappa shape index (κ3) is 4.02. The van der Waals surface area contributed by atoms with Crippen molar-refractivity contribution in [3.63, 3.8) is 0 Å². The molecule has 5 heteroatoms. The summed E-state index contributed by atoms with van der Waals surface area (Å²) < 4.78 is 10.9. The molecule has 4 aromatic rings. The number of aryl methyl sites for hydroxylation is 2. The Morgan fingerprint density at radius 3 is 2.15 bits per heavy atom. The van der Waals surface area contributed by atoms with Gasteiger partial charge in [-0.1, -0.05) is 56.7 Å². The first kappa shape index (κ1) is 25.0. The molecule has 0 amide bonds. The first-order valence-corrected chi connectivity index (χ1v) is 14.0. The Kier molecular flexibility index (Phi) is 7.02. The highest BCUT2D eigenvalue weighted by atomic mass is 35.5. The lowest BCUT2D eigenvalue weighted by atomic mass is 10.1. The van der Waals surface area contributed by atoms with Gasteiger partial charge in [0.2, 0.25) is 0 Å². The van der Waals surface area contributed by atoms with E-state index in [4.69, 9.17) is 4.74 Å². The summed E-state index contributed by atoms with van der Waals surface area (Å²) in [4.78, 5) is 0. The fourth-order valence-electron chi connectivity index (χ4n) is 5.59. The Bertz CT molecular complexity index is 1360. The van der Waals surface area contributed by atoms with Crippen molar-refractivity contribution in [1.29, 1.82) is 0 Å². The zero-order valence-corrected chi connectivity index (χ0v) is 22.7.